The first kappa shape index (κ1) is 14.5. The molecule has 6 heteroatoms. The molecular formula is C8H23B3N2S. The molecule has 0 aliphatic rings. The third-order valence-electron chi connectivity index (χ3n) is 2.19. The second kappa shape index (κ2) is 6.86. The molecule has 2 nitrogen and oxygen atoms in total. The van der Waals surface area contributed by atoms with E-state index in [1.165, 1.54) is 0 Å². The fourth-order valence-electron chi connectivity index (χ4n) is 1.65. The fourth-order valence-corrected chi connectivity index (χ4v) is 1.73. The molecule has 14 heavy (non-hydrogen) atoms. The molecule has 0 aliphatic heterocycles. The van der Waals surface area contributed by atoms with E-state index in [2.05, 4.69) is 65.7 Å². The minimum Gasteiger partial charge on any atom is -0.379 e. The Kier molecular flexibility index (Phi) is 7.09. The van der Waals surface area contributed by atoms with Gasteiger partial charge in [-0.05, 0) is 18.4 Å². The molecule has 0 fully saturated rings. The molecule has 1 unspecified atom stereocenters. The van der Waals surface area contributed by atoms with Crippen LogP contribution in [0, 0.1) is 11.8 Å². The van der Waals surface area contributed by atoms with Crippen LogP contribution < -0.4 is 0 Å². The maximum absolute atomic E-state index is 4.58. The highest BCUT2D eigenvalue weighted by molar-refractivity contribution is 7.81. The monoisotopic (exact) mass is 212 g/mol. The summed E-state index contributed by atoms with van der Waals surface area (Å²) in [7, 11) is 5.29. The summed E-state index contributed by atoms with van der Waals surface area (Å²) in [5.41, 5.74) is 0. The zero-order chi connectivity index (χ0) is 11.3. The molecule has 0 saturated carbocycles. The standard InChI is InChI=1S/C8H23B3N2S/c1-6(2)5-12(9)11-13(10)8(14)7(3)4/h6-8,11,14H,5,9-10H2,1-4H3. The van der Waals surface area contributed by atoms with E-state index in [4.69, 9.17) is 0 Å². The Morgan fingerprint density at radius 1 is 1.21 bits per heavy atom. The van der Waals surface area contributed by atoms with Crippen LogP contribution in [0.4, 0.5) is 0 Å². The topological polar surface area (TPSA) is 6.48 Å². The molecule has 0 N–H and O–H groups in total. The van der Waals surface area contributed by atoms with E-state index in [0.29, 0.717) is 11.3 Å². The summed E-state index contributed by atoms with van der Waals surface area (Å²) in [4.78, 5) is 0. The molecule has 0 heterocycles. The Bertz CT molecular complexity index is 158. The van der Waals surface area contributed by atoms with Crippen LogP contribution >= 0.6 is 12.6 Å². The molecule has 0 aromatic carbocycles. The summed E-state index contributed by atoms with van der Waals surface area (Å²) >= 11 is 4.58. The van der Waals surface area contributed by atoms with Crippen molar-refractivity contribution in [2.75, 3.05) is 6.54 Å². The minimum absolute atomic E-state index is 0.351. The Balaban J connectivity index is 3.86. The van der Waals surface area contributed by atoms with Gasteiger partial charge in [-0.15, -0.1) is 0 Å². The van der Waals surface area contributed by atoms with E-state index < -0.39 is 0 Å². The van der Waals surface area contributed by atoms with Crippen LogP contribution in [0.5, 0.6) is 0 Å². The molecule has 0 bridgehead atoms. The first-order chi connectivity index (χ1) is 6.34. The lowest BCUT2D eigenvalue weighted by molar-refractivity contribution is 0.451. The van der Waals surface area contributed by atoms with Crippen molar-refractivity contribution >= 4 is 36.1 Å². The second-order valence-electron chi connectivity index (χ2n) is 4.99. The molecule has 0 aromatic rings. The molecule has 0 aliphatic carbocycles. The van der Waals surface area contributed by atoms with Crippen molar-refractivity contribution in [2.24, 2.45) is 11.8 Å². The van der Waals surface area contributed by atoms with E-state index >= 15 is 0 Å². The van der Waals surface area contributed by atoms with Gasteiger partial charge in [0.25, 0.3) is 7.55 Å². The van der Waals surface area contributed by atoms with Gasteiger partial charge in [-0.25, -0.2) is 0 Å². The quantitative estimate of drug-likeness (QED) is 0.360. The number of thiol groups is 1. The van der Waals surface area contributed by atoms with Gasteiger partial charge in [-0.2, -0.15) is 12.6 Å². The molecule has 0 rings (SSSR count). The van der Waals surface area contributed by atoms with E-state index in [9.17, 15) is 0 Å². The first-order valence-electron chi connectivity index (χ1n) is 5.41. The van der Waals surface area contributed by atoms with Gasteiger partial charge < -0.3 is 9.44 Å². The zero-order valence-corrected chi connectivity index (χ0v) is 11.4. The molecule has 80 valence electrons. The summed E-state index contributed by atoms with van der Waals surface area (Å²) < 4.78 is 4.63. The van der Waals surface area contributed by atoms with Gasteiger partial charge >= 0.3 is 0 Å². The van der Waals surface area contributed by atoms with Crippen LogP contribution in [-0.4, -0.2) is 44.9 Å². The molecule has 0 aromatic heterocycles. The first-order valence-corrected chi connectivity index (χ1v) is 5.93. The normalized spacial score (nSPS) is 14.4. The van der Waals surface area contributed by atoms with Gasteiger partial charge in [0.05, 0.1) is 0 Å². The van der Waals surface area contributed by atoms with Gasteiger partial charge in [0, 0.05) is 5.37 Å². The lowest BCUT2D eigenvalue weighted by Gasteiger charge is -2.31. The third kappa shape index (κ3) is 6.04. The van der Waals surface area contributed by atoms with Crippen LogP contribution in [0.3, 0.4) is 0 Å². The van der Waals surface area contributed by atoms with E-state index in [0.717, 1.165) is 20.0 Å². The minimum atomic E-state index is 0.351. The third-order valence-corrected chi connectivity index (χ3v) is 3.18. The lowest BCUT2D eigenvalue weighted by Crippen LogP contribution is -2.45. The summed E-state index contributed by atoms with van der Waals surface area (Å²) in [6.45, 7) is 10.0. The highest BCUT2D eigenvalue weighted by Gasteiger charge is 2.16. The van der Waals surface area contributed by atoms with Crippen LogP contribution in [0.25, 0.3) is 0 Å². The molecule has 1 atom stereocenters. The van der Waals surface area contributed by atoms with Crippen molar-refractivity contribution in [1.82, 2.24) is 9.44 Å². The largest absolute Gasteiger partial charge is 0.379 e. The Morgan fingerprint density at radius 3 is 2.07 bits per heavy atom. The predicted molar refractivity (Wildman–Crippen MR) is 75.2 cm³/mol. The van der Waals surface area contributed by atoms with E-state index in [1.807, 2.05) is 0 Å². The van der Waals surface area contributed by atoms with E-state index in [-0.39, 0.29) is 0 Å². The van der Waals surface area contributed by atoms with Gasteiger partial charge in [0.2, 0.25) is 0 Å². The van der Waals surface area contributed by atoms with Crippen LogP contribution in [0.2, 0.25) is 0 Å². The summed E-state index contributed by atoms with van der Waals surface area (Å²) in [6.07, 6.45) is 0. The number of hydrogen-bond donors (Lipinski definition) is 1. The second-order valence-corrected chi connectivity index (χ2v) is 5.52. The van der Waals surface area contributed by atoms with Gasteiger partial charge in [0.1, 0.15) is 0 Å². The van der Waals surface area contributed by atoms with Crippen molar-refractivity contribution < 1.29 is 0 Å². The van der Waals surface area contributed by atoms with Crippen molar-refractivity contribution in [1.29, 1.82) is 0 Å². The average Bonchev–Trinajstić information content (AvgIpc) is 2.00. The SMILES string of the molecule is BN(BN(B)C(S)C(C)C)CC(C)C. The molecule has 0 saturated heterocycles. The molecule has 0 amide bonds. The summed E-state index contributed by atoms with van der Waals surface area (Å²) in [5.74, 6) is 1.32. The maximum Gasteiger partial charge on any atom is 0.268 e. The van der Waals surface area contributed by atoms with Crippen LogP contribution in [-0.2, 0) is 0 Å². The Morgan fingerprint density at radius 2 is 1.71 bits per heavy atom. The van der Waals surface area contributed by atoms with Crippen LogP contribution in [0.15, 0.2) is 0 Å². The number of rotatable bonds is 6. The lowest BCUT2D eigenvalue weighted by atomic mass is 9.90. The number of nitrogens with zero attached hydrogens (tertiary/aromatic N) is 2. The highest BCUT2D eigenvalue weighted by Crippen LogP contribution is 2.11. The molecule has 0 spiro atoms. The van der Waals surface area contributed by atoms with Crippen LogP contribution in [0.1, 0.15) is 27.7 Å². The number of hydrogen-bond acceptors (Lipinski definition) is 3. The van der Waals surface area contributed by atoms with Crippen molar-refractivity contribution in [3.63, 3.8) is 0 Å². The Labute approximate surface area is 97.4 Å². The smallest absolute Gasteiger partial charge is 0.268 e. The van der Waals surface area contributed by atoms with Gasteiger partial charge in [-0.3, -0.25) is 0 Å². The average molecular weight is 212 g/mol. The van der Waals surface area contributed by atoms with Crippen molar-refractivity contribution in [3.8, 4) is 0 Å². The molecular weight excluding hydrogens is 189 g/mol. The van der Waals surface area contributed by atoms with Gasteiger partial charge in [0.15, 0.2) is 16.0 Å². The summed E-state index contributed by atoms with van der Waals surface area (Å²) in [6, 6.07) is 0. The van der Waals surface area contributed by atoms with Crippen molar-refractivity contribution in [3.05, 3.63) is 0 Å². The maximum atomic E-state index is 4.58. The van der Waals surface area contributed by atoms with Crippen molar-refractivity contribution in [2.45, 2.75) is 33.1 Å². The molecule has 0 radical (unpaired) electrons. The zero-order valence-electron chi connectivity index (χ0n) is 10.5. The predicted octanol–water partition coefficient (Wildman–Crippen LogP) is -0.479. The Hall–Kier alpha value is 0.465. The fraction of sp³-hybridized carbons (Fsp3) is 1.00. The van der Waals surface area contributed by atoms with E-state index in [1.54, 1.807) is 0 Å². The van der Waals surface area contributed by atoms with Gasteiger partial charge in [-0.1, -0.05) is 27.7 Å². The summed E-state index contributed by atoms with van der Waals surface area (Å²) in [5, 5.41) is 0.351. The highest BCUT2D eigenvalue weighted by atomic mass is 32.1.